The number of phenols is 1. The molecule has 0 radical (unpaired) electrons. The molecule has 156 valence electrons. The number of aliphatic hydroxyl groups is 2. The van der Waals surface area contributed by atoms with Gasteiger partial charge in [-0.2, -0.15) is 0 Å². The van der Waals surface area contributed by atoms with Crippen molar-refractivity contribution in [1.29, 1.82) is 0 Å². The molecule has 1 aromatic carbocycles. The van der Waals surface area contributed by atoms with Gasteiger partial charge in [-0.15, -0.1) is 0 Å². The number of carbonyl (C=O) groups is 3. The Kier molecular flexibility index (Phi) is 4.36. The van der Waals surface area contributed by atoms with Crippen LogP contribution in [0, 0.1) is 17.8 Å². The Hall–Kier alpha value is -3.39. The fourth-order valence-corrected chi connectivity index (χ4v) is 5.17. The SMILES string of the molecule is C=C1c2cccc(O)c2C(O)=C2C(=O)C3C(=O)C(C(N)=O)=C(O)C(N(C)C)C3CC12. The Morgan fingerprint density at radius 2 is 1.83 bits per heavy atom. The Bertz CT molecular complexity index is 1100. The van der Waals surface area contributed by atoms with Crippen molar-refractivity contribution in [3.63, 3.8) is 0 Å². The molecule has 5 N–H and O–H groups in total. The summed E-state index contributed by atoms with van der Waals surface area (Å²) in [5, 5.41) is 31.8. The Morgan fingerprint density at radius 1 is 1.17 bits per heavy atom. The molecule has 0 bridgehead atoms. The van der Waals surface area contributed by atoms with E-state index in [-0.39, 0.29) is 23.3 Å². The number of nitrogens with two attached hydrogens (primary N) is 1. The van der Waals surface area contributed by atoms with Crippen molar-refractivity contribution in [2.24, 2.45) is 23.5 Å². The van der Waals surface area contributed by atoms with Crippen LogP contribution in [0.15, 0.2) is 41.7 Å². The van der Waals surface area contributed by atoms with Crippen molar-refractivity contribution < 1.29 is 29.7 Å². The van der Waals surface area contributed by atoms with Crippen LogP contribution in [0.2, 0.25) is 0 Å². The summed E-state index contributed by atoms with van der Waals surface area (Å²) in [7, 11) is 3.34. The first-order valence-electron chi connectivity index (χ1n) is 9.50. The molecule has 1 fully saturated rings. The van der Waals surface area contributed by atoms with Crippen LogP contribution in [0.3, 0.4) is 0 Å². The van der Waals surface area contributed by atoms with Gasteiger partial charge in [0.05, 0.1) is 17.5 Å². The molecule has 4 atom stereocenters. The minimum absolute atomic E-state index is 0.00804. The van der Waals surface area contributed by atoms with E-state index in [1.165, 1.54) is 6.07 Å². The van der Waals surface area contributed by atoms with Crippen molar-refractivity contribution in [2.75, 3.05) is 14.1 Å². The van der Waals surface area contributed by atoms with Crippen molar-refractivity contribution in [2.45, 2.75) is 12.5 Å². The first kappa shape index (κ1) is 19.9. The van der Waals surface area contributed by atoms with Gasteiger partial charge < -0.3 is 21.1 Å². The highest BCUT2D eigenvalue weighted by atomic mass is 16.3. The zero-order valence-corrected chi connectivity index (χ0v) is 16.5. The maximum absolute atomic E-state index is 13.5. The van der Waals surface area contributed by atoms with E-state index in [0.29, 0.717) is 11.1 Å². The number of benzene rings is 1. The van der Waals surface area contributed by atoms with Crippen LogP contribution >= 0.6 is 0 Å². The highest BCUT2D eigenvalue weighted by Crippen LogP contribution is 2.53. The molecule has 3 aliphatic carbocycles. The number of aliphatic hydroxyl groups excluding tert-OH is 2. The van der Waals surface area contributed by atoms with Gasteiger partial charge in [-0.05, 0) is 43.6 Å². The summed E-state index contributed by atoms with van der Waals surface area (Å²) in [5.41, 5.74) is 5.89. The molecule has 4 unspecified atom stereocenters. The number of fused-ring (bicyclic) bond motifs is 3. The van der Waals surface area contributed by atoms with Crippen molar-refractivity contribution in [1.82, 2.24) is 4.90 Å². The van der Waals surface area contributed by atoms with Crippen LogP contribution in [0.5, 0.6) is 5.75 Å². The minimum atomic E-state index is -1.27. The number of hydrogen-bond donors (Lipinski definition) is 4. The molecule has 3 aliphatic rings. The third kappa shape index (κ3) is 2.46. The molecular weight excluding hydrogens is 388 g/mol. The summed E-state index contributed by atoms with van der Waals surface area (Å²) in [4.78, 5) is 40.0. The van der Waals surface area contributed by atoms with Gasteiger partial charge in [0.25, 0.3) is 5.91 Å². The first-order valence-corrected chi connectivity index (χ1v) is 9.50. The second-order valence-corrected chi connectivity index (χ2v) is 8.18. The van der Waals surface area contributed by atoms with E-state index in [9.17, 15) is 29.7 Å². The Labute approximate surface area is 172 Å². The fourth-order valence-electron chi connectivity index (χ4n) is 5.17. The number of aromatic hydroxyl groups is 1. The van der Waals surface area contributed by atoms with Gasteiger partial charge in [-0.1, -0.05) is 18.7 Å². The van der Waals surface area contributed by atoms with Crippen LogP contribution < -0.4 is 5.73 Å². The summed E-state index contributed by atoms with van der Waals surface area (Å²) in [6, 6.07) is 3.92. The number of primary amides is 1. The number of amides is 1. The van der Waals surface area contributed by atoms with E-state index in [2.05, 4.69) is 6.58 Å². The van der Waals surface area contributed by atoms with E-state index < -0.39 is 58.4 Å². The van der Waals surface area contributed by atoms with Crippen LogP contribution in [0.25, 0.3) is 11.3 Å². The third-order valence-corrected chi connectivity index (χ3v) is 6.41. The Balaban J connectivity index is 1.94. The lowest BCUT2D eigenvalue weighted by atomic mass is 9.58. The first-order chi connectivity index (χ1) is 14.1. The minimum Gasteiger partial charge on any atom is -0.510 e. The average molecular weight is 410 g/mol. The molecule has 0 heterocycles. The second-order valence-electron chi connectivity index (χ2n) is 8.18. The van der Waals surface area contributed by atoms with Gasteiger partial charge in [0.2, 0.25) is 0 Å². The molecule has 30 heavy (non-hydrogen) atoms. The molecule has 0 saturated heterocycles. The van der Waals surface area contributed by atoms with Gasteiger partial charge in [0.1, 0.15) is 22.8 Å². The number of nitrogens with zero attached hydrogens (tertiary/aromatic N) is 1. The molecule has 8 nitrogen and oxygen atoms in total. The highest BCUT2D eigenvalue weighted by molar-refractivity contribution is 6.29. The van der Waals surface area contributed by atoms with E-state index in [0.717, 1.165) is 0 Å². The number of Topliss-reactive ketones (excluding diaryl/α,β-unsaturated/α-hetero) is 2. The van der Waals surface area contributed by atoms with Gasteiger partial charge in [0.15, 0.2) is 11.6 Å². The number of ketones is 2. The lowest BCUT2D eigenvalue weighted by Crippen LogP contribution is -2.55. The van der Waals surface area contributed by atoms with E-state index >= 15 is 0 Å². The van der Waals surface area contributed by atoms with Crippen LogP contribution in [0.1, 0.15) is 17.5 Å². The number of phenolic OH excluding ortho intramolecular Hbond substituents is 1. The molecule has 4 rings (SSSR count). The predicted molar refractivity (Wildman–Crippen MR) is 108 cm³/mol. The number of likely N-dealkylation sites (N-methyl/N-ethyl adjacent to an activating group) is 1. The lowest BCUT2D eigenvalue weighted by Gasteiger charge is -2.46. The Morgan fingerprint density at radius 3 is 2.43 bits per heavy atom. The van der Waals surface area contributed by atoms with Crippen molar-refractivity contribution >= 4 is 28.8 Å². The summed E-state index contributed by atoms with van der Waals surface area (Å²) >= 11 is 0. The monoisotopic (exact) mass is 410 g/mol. The average Bonchev–Trinajstić information content (AvgIpc) is 2.64. The van der Waals surface area contributed by atoms with Gasteiger partial charge in [-0.25, -0.2) is 0 Å². The number of carbonyl (C=O) groups excluding carboxylic acids is 3. The molecule has 0 aromatic heterocycles. The van der Waals surface area contributed by atoms with Crippen LogP contribution in [-0.4, -0.2) is 57.8 Å². The van der Waals surface area contributed by atoms with E-state index in [1.54, 1.807) is 31.1 Å². The smallest absolute Gasteiger partial charge is 0.255 e. The van der Waals surface area contributed by atoms with Gasteiger partial charge in [-0.3, -0.25) is 19.3 Å². The van der Waals surface area contributed by atoms with Crippen LogP contribution in [-0.2, 0) is 14.4 Å². The maximum Gasteiger partial charge on any atom is 0.255 e. The molecule has 1 saturated carbocycles. The topological polar surface area (TPSA) is 141 Å². The molecule has 0 aliphatic heterocycles. The molecule has 1 amide bonds. The fraction of sp³-hybridized carbons (Fsp3) is 0.318. The maximum atomic E-state index is 13.5. The zero-order chi connectivity index (χ0) is 22.1. The lowest BCUT2D eigenvalue weighted by molar-refractivity contribution is -0.136. The van der Waals surface area contributed by atoms with Crippen molar-refractivity contribution in [3.05, 3.63) is 52.8 Å². The molecular formula is C22H22N2O6. The second kappa shape index (κ2) is 6.56. The normalized spacial score (nSPS) is 28.4. The number of allylic oxidation sites excluding steroid dienone is 2. The van der Waals surface area contributed by atoms with E-state index in [4.69, 9.17) is 5.73 Å². The van der Waals surface area contributed by atoms with Crippen LogP contribution in [0.4, 0.5) is 0 Å². The number of rotatable bonds is 2. The van der Waals surface area contributed by atoms with E-state index in [1.807, 2.05) is 0 Å². The molecule has 8 heteroatoms. The summed E-state index contributed by atoms with van der Waals surface area (Å²) in [6.07, 6.45) is 0.244. The quantitative estimate of drug-likeness (QED) is 0.426. The zero-order valence-electron chi connectivity index (χ0n) is 16.5. The largest absolute Gasteiger partial charge is 0.510 e. The molecule has 1 aromatic rings. The van der Waals surface area contributed by atoms with Gasteiger partial charge >= 0.3 is 0 Å². The van der Waals surface area contributed by atoms with Gasteiger partial charge in [0, 0.05) is 11.5 Å². The third-order valence-electron chi connectivity index (χ3n) is 6.41. The molecule has 0 spiro atoms. The summed E-state index contributed by atoms with van der Waals surface area (Å²) in [5.74, 6) is -6.14. The summed E-state index contributed by atoms with van der Waals surface area (Å²) < 4.78 is 0. The summed E-state index contributed by atoms with van der Waals surface area (Å²) in [6.45, 7) is 4.08. The standard InChI is InChI=1S/C22H22N2O6/c1-8-9-5-4-6-12(25)13(9)18(26)14-10(8)7-11-15(19(14)27)20(28)16(22(23)30)21(29)17(11)24(2)3/h4-6,10-11,15,17,25-26,29H,1,7H2,2-3H3,(H2,23,30). The number of hydrogen-bond acceptors (Lipinski definition) is 7. The predicted octanol–water partition coefficient (Wildman–Crippen LogP) is 1.32. The van der Waals surface area contributed by atoms with Crippen molar-refractivity contribution in [3.8, 4) is 5.75 Å². The highest BCUT2D eigenvalue weighted by Gasteiger charge is 2.56.